The first-order valence-electron chi connectivity index (χ1n) is 13.4. The lowest BCUT2D eigenvalue weighted by Crippen LogP contribution is -2.24. The summed E-state index contributed by atoms with van der Waals surface area (Å²) in [4.78, 5) is 34.7. The van der Waals surface area contributed by atoms with Crippen molar-refractivity contribution in [1.82, 2.24) is 34.7 Å². The Hall–Kier alpha value is -4.22. The highest BCUT2D eigenvalue weighted by Crippen LogP contribution is 2.35. The highest BCUT2D eigenvalue weighted by Gasteiger charge is 2.28. The number of imidazole rings is 1. The minimum Gasteiger partial charge on any atom is -0.459 e. The van der Waals surface area contributed by atoms with Crippen LogP contribution < -0.4 is 5.56 Å². The maximum Gasteiger partial charge on any atom is 0.316 e. The van der Waals surface area contributed by atoms with Gasteiger partial charge in [-0.2, -0.15) is 4.68 Å². The van der Waals surface area contributed by atoms with Crippen LogP contribution >= 0.6 is 23.4 Å². The van der Waals surface area contributed by atoms with Crippen LogP contribution in [0.4, 0.5) is 0 Å². The molecule has 1 aliphatic rings. The Morgan fingerprint density at radius 1 is 1.14 bits per heavy atom. The van der Waals surface area contributed by atoms with Gasteiger partial charge in [-0.25, -0.2) is 4.98 Å². The molecule has 0 fully saturated rings. The number of nitrogens with zero attached hydrogens (tertiary/aromatic N) is 6. The first-order valence-corrected chi connectivity index (χ1v) is 14.8. The molecular formula is C30H28ClN7O3S. The van der Waals surface area contributed by atoms with Crippen LogP contribution in [0, 0.1) is 0 Å². The molecule has 0 radical (unpaired) electrons. The number of fused-ring (bicyclic) bond motifs is 1. The number of esters is 1. The van der Waals surface area contributed by atoms with Gasteiger partial charge in [0.15, 0.2) is 0 Å². The lowest BCUT2D eigenvalue weighted by molar-refractivity contribution is -0.151. The summed E-state index contributed by atoms with van der Waals surface area (Å²) in [6, 6.07) is 16.8. The number of hydrogen-bond acceptors (Lipinski definition) is 8. The highest BCUT2D eigenvalue weighted by atomic mass is 35.5. The largest absolute Gasteiger partial charge is 0.459 e. The van der Waals surface area contributed by atoms with Gasteiger partial charge >= 0.3 is 5.97 Å². The molecule has 214 valence electrons. The smallest absolute Gasteiger partial charge is 0.316 e. The summed E-state index contributed by atoms with van der Waals surface area (Å²) in [5.41, 5.74) is 4.32. The topological polar surface area (TPSA) is 121 Å². The molecule has 0 saturated heterocycles. The van der Waals surface area contributed by atoms with Gasteiger partial charge in [-0.1, -0.05) is 23.7 Å². The number of aromatic amines is 1. The van der Waals surface area contributed by atoms with Gasteiger partial charge in [0, 0.05) is 32.8 Å². The van der Waals surface area contributed by atoms with E-state index in [4.69, 9.17) is 16.3 Å². The summed E-state index contributed by atoms with van der Waals surface area (Å²) in [6.07, 6.45) is 4.76. The van der Waals surface area contributed by atoms with Gasteiger partial charge in [0.1, 0.15) is 17.8 Å². The van der Waals surface area contributed by atoms with Crippen LogP contribution in [0.1, 0.15) is 44.8 Å². The zero-order valence-electron chi connectivity index (χ0n) is 23.2. The number of nitrogens with one attached hydrogen (secondary N) is 1. The average Bonchev–Trinajstić information content (AvgIpc) is 3.72. The zero-order valence-corrected chi connectivity index (χ0v) is 24.8. The number of aryl methyl sites for hydroxylation is 1. The number of pyridine rings is 1. The molecule has 1 aliphatic heterocycles. The van der Waals surface area contributed by atoms with E-state index in [-0.39, 0.29) is 23.3 Å². The van der Waals surface area contributed by atoms with Gasteiger partial charge in [0.2, 0.25) is 0 Å². The summed E-state index contributed by atoms with van der Waals surface area (Å²) in [6.45, 7) is 5.57. The van der Waals surface area contributed by atoms with Gasteiger partial charge in [-0.15, -0.1) is 16.9 Å². The number of carbonyl (C=O) groups is 1. The van der Waals surface area contributed by atoms with Crippen molar-refractivity contribution in [3.63, 3.8) is 0 Å². The molecule has 12 heteroatoms. The first kappa shape index (κ1) is 27.9. The zero-order chi connectivity index (χ0) is 29.4. The van der Waals surface area contributed by atoms with Crippen molar-refractivity contribution in [1.29, 1.82) is 0 Å². The van der Waals surface area contributed by atoms with Crippen molar-refractivity contribution in [2.45, 2.75) is 50.2 Å². The second-order valence-corrected chi connectivity index (χ2v) is 12.5. The van der Waals surface area contributed by atoms with Gasteiger partial charge < -0.3 is 14.3 Å². The lowest BCUT2D eigenvalue weighted by atomic mass is 10.0. The second-order valence-electron chi connectivity index (χ2n) is 11.0. The van der Waals surface area contributed by atoms with E-state index in [2.05, 4.69) is 25.5 Å². The number of thioether (sulfide) groups is 1. The molecule has 1 atom stereocenters. The van der Waals surface area contributed by atoms with Crippen LogP contribution in [-0.4, -0.2) is 52.1 Å². The van der Waals surface area contributed by atoms with Crippen LogP contribution in [0.2, 0.25) is 5.02 Å². The highest BCUT2D eigenvalue weighted by molar-refractivity contribution is 8.00. The Morgan fingerprint density at radius 2 is 2.00 bits per heavy atom. The number of carbonyl (C=O) groups excluding carboxylic acids is 1. The number of aromatic nitrogens is 7. The normalized spacial score (nSPS) is 14.6. The Morgan fingerprint density at radius 3 is 2.79 bits per heavy atom. The predicted molar refractivity (Wildman–Crippen MR) is 161 cm³/mol. The van der Waals surface area contributed by atoms with Crippen molar-refractivity contribution >= 4 is 29.3 Å². The van der Waals surface area contributed by atoms with Crippen molar-refractivity contribution < 1.29 is 9.53 Å². The minimum atomic E-state index is -0.512. The Balaban J connectivity index is 1.24. The van der Waals surface area contributed by atoms with Crippen LogP contribution in [-0.2, 0) is 16.0 Å². The molecule has 0 unspecified atom stereocenters. The summed E-state index contributed by atoms with van der Waals surface area (Å²) >= 11 is 7.76. The minimum absolute atomic E-state index is 0.119. The molecule has 5 aromatic rings. The first-order chi connectivity index (χ1) is 20.1. The standard InChI is InChI=1S/C30H28ClN7O3S/c1-30(2,3)41-28(40)16-42-22-6-4-5-18(12-22)24-15-32-29(34-24)26-10-8-21-11-19(13-27(39)38(21)26)23-14-20(31)7-9-25(23)37-17-33-35-36-37/h4-7,9,11-15,17,26H,8,10,16H2,1-3H3,(H,32,34)/t26-/m0/s1. The predicted octanol–water partition coefficient (Wildman–Crippen LogP) is 5.50. The molecule has 0 spiro atoms. The number of benzene rings is 2. The van der Waals surface area contributed by atoms with Crippen molar-refractivity contribution in [3.05, 3.63) is 94.0 Å². The molecule has 4 heterocycles. The summed E-state index contributed by atoms with van der Waals surface area (Å²) in [5, 5.41) is 12.0. The Bertz CT molecular complexity index is 1830. The Labute approximate surface area is 251 Å². The summed E-state index contributed by atoms with van der Waals surface area (Å²) in [5.74, 6) is 0.699. The molecule has 3 aromatic heterocycles. The number of hydrogen-bond donors (Lipinski definition) is 1. The van der Waals surface area contributed by atoms with Crippen molar-refractivity contribution in [2.24, 2.45) is 0 Å². The number of ether oxygens (including phenoxy) is 1. The fourth-order valence-electron chi connectivity index (χ4n) is 5.14. The number of rotatable bonds is 7. The average molecular weight is 602 g/mol. The van der Waals surface area contributed by atoms with Crippen molar-refractivity contribution in [2.75, 3.05) is 5.75 Å². The van der Waals surface area contributed by atoms with Gasteiger partial charge in [0.25, 0.3) is 5.56 Å². The molecule has 0 bridgehead atoms. The molecular weight excluding hydrogens is 574 g/mol. The maximum absolute atomic E-state index is 13.5. The van der Waals surface area contributed by atoms with Gasteiger partial charge in [-0.05, 0) is 86.0 Å². The van der Waals surface area contributed by atoms with Gasteiger partial charge in [0.05, 0.1) is 29.4 Å². The summed E-state index contributed by atoms with van der Waals surface area (Å²) < 4.78 is 8.77. The van der Waals surface area contributed by atoms with Crippen LogP contribution in [0.25, 0.3) is 28.1 Å². The monoisotopic (exact) mass is 601 g/mol. The third-order valence-electron chi connectivity index (χ3n) is 6.83. The molecule has 6 rings (SSSR count). The summed E-state index contributed by atoms with van der Waals surface area (Å²) in [7, 11) is 0. The quantitative estimate of drug-likeness (QED) is 0.192. The van der Waals surface area contributed by atoms with E-state index in [0.29, 0.717) is 5.02 Å². The SMILES string of the molecule is CC(C)(C)OC(=O)CSc1cccc(-c2cnc([C@@H]3CCc4cc(-c5cc(Cl)ccc5-n5cnnn5)cc(=O)n43)[nH]2)c1. The van der Waals surface area contributed by atoms with E-state index < -0.39 is 5.60 Å². The molecule has 0 saturated carbocycles. The third-order valence-corrected chi connectivity index (χ3v) is 8.03. The van der Waals surface area contributed by atoms with Crippen LogP contribution in [0.3, 0.4) is 0 Å². The van der Waals surface area contributed by atoms with Gasteiger partial charge in [-0.3, -0.25) is 9.59 Å². The molecule has 0 aliphatic carbocycles. The molecule has 42 heavy (non-hydrogen) atoms. The van der Waals surface area contributed by atoms with E-state index in [1.54, 1.807) is 27.6 Å². The van der Waals surface area contributed by atoms with Crippen molar-refractivity contribution in [3.8, 4) is 28.1 Å². The number of H-pyrrole nitrogens is 1. The van der Waals surface area contributed by atoms with Crippen LogP contribution in [0.5, 0.6) is 0 Å². The fraction of sp³-hybridized carbons (Fsp3) is 0.267. The second kappa shape index (κ2) is 11.2. The van der Waals surface area contributed by atoms with E-state index in [1.807, 2.05) is 63.2 Å². The van der Waals surface area contributed by atoms with E-state index in [9.17, 15) is 9.59 Å². The van der Waals surface area contributed by atoms with E-state index >= 15 is 0 Å². The molecule has 0 amide bonds. The molecule has 2 aromatic carbocycles. The Kier molecular flexibility index (Phi) is 7.46. The van der Waals surface area contributed by atoms with E-state index in [1.165, 1.54) is 18.1 Å². The lowest BCUT2D eigenvalue weighted by Gasteiger charge is -2.19. The molecule has 10 nitrogen and oxygen atoms in total. The maximum atomic E-state index is 13.5. The van der Waals surface area contributed by atoms with E-state index in [0.717, 1.165) is 57.3 Å². The molecule has 1 N–H and O–H groups in total. The fourth-order valence-corrected chi connectivity index (χ4v) is 6.04. The number of tetrazole rings is 1. The number of halogens is 1. The third kappa shape index (κ3) is 5.88. The van der Waals surface area contributed by atoms with Crippen LogP contribution in [0.15, 0.2) is 76.8 Å².